The average molecular weight is 453 g/mol. The molecule has 0 saturated carbocycles. The Kier molecular flexibility index (Phi) is 5.16. The lowest BCUT2D eigenvalue weighted by Crippen LogP contribution is -2.30. The van der Waals surface area contributed by atoms with E-state index in [1.807, 2.05) is 12.1 Å². The molecule has 0 atom stereocenters. The minimum atomic E-state index is -3.80. The van der Waals surface area contributed by atoms with Gasteiger partial charge >= 0.3 is 0 Å². The fourth-order valence-corrected chi connectivity index (χ4v) is 5.62. The van der Waals surface area contributed by atoms with Gasteiger partial charge < -0.3 is 4.90 Å². The smallest absolute Gasteiger partial charge is 0.269 e. The van der Waals surface area contributed by atoms with Gasteiger partial charge in [-0.15, -0.1) is 0 Å². The molecule has 0 unspecified atom stereocenters. The van der Waals surface area contributed by atoms with Crippen LogP contribution in [0, 0.1) is 0 Å². The van der Waals surface area contributed by atoms with E-state index in [1.54, 1.807) is 54.9 Å². The maximum Gasteiger partial charge on any atom is 0.269 e. The van der Waals surface area contributed by atoms with E-state index in [9.17, 15) is 8.42 Å². The minimum absolute atomic E-state index is 0.214. The van der Waals surface area contributed by atoms with Crippen LogP contribution in [0.4, 0.5) is 5.82 Å². The van der Waals surface area contributed by atoms with Gasteiger partial charge in [0.2, 0.25) is 0 Å². The molecule has 1 fully saturated rings. The predicted molar refractivity (Wildman–Crippen MR) is 123 cm³/mol. The topological polar surface area (TPSA) is 68.1 Å². The van der Waals surface area contributed by atoms with Crippen molar-refractivity contribution in [2.75, 3.05) is 18.0 Å². The van der Waals surface area contributed by atoms with Crippen LogP contribution in [0.2, 0.25) is 5.15 Å². The first kappa shape index (κ1) is 20.0. The Labute approximate surface area is 186 Å². The van der Waals surface area contributed by atoms with Crippen molar-refractivity contribution in [3.63, 3.8) is 0 Å². The fraction of sp³-hybridized carbons (Fsp3) is 0.217. The van der Waals surface area contributed by atoms with Crippen LogP contribution in [0.3, 0.4) is 0 Å². The monoisotopic (exact) mass is 452 g/mol. The lowest BCUT2D eigenvalue weighted by Gasteiger charge is -2.28. The number of aromatic nitrogens is 3. The standard InChI is InChI=1S/C23H21ClN4O2S/c24-21-14-17(15-22(26-21)27-12-5-2-6-13-27)20-16-28(23-19(20)10-7-11-25-23)31(29,30)18-8-3-1-4-9-18/h1,3-4,7-11,14-16H,2,5-6,12-13H2. The third-order valence-corrected chi connectivity index (χ3v) is 7.46. The number of piperidine rings is 1. The lowest BCUT2D eigenvalue weighted by molar-refractivity contribution is 0.573. The molecule has 31 heavy (non-hydrogen) atoms. The van der Waals surface area contributed by atoms with Gasteiger partial charge in [-0.05, 0) is 61.2 Å². The lowest BCUT2D eigenvalue weighted by atomic mass is 10.1. The quantitative estimate of drug-likeness (QED) is 0.408. The molecule has 158 valence electrons. The van der Waals surface area contributed by atoms with Crippen molar-refractivity contribution < 1.29 is 8.42 Å². The zero-order chi connectivity index (χ0) is 21.4. The summed E-state index contributed by atoms with van der Waals surface area (Å²) in [5.74, 6) is 0.818. The van der Waals surface area contributed by atoms with Crippen molar-refractivity contribution in [1.29, 1.82) is 0 Å². The molecule has 6 nitrogen and oxygen atoms in total. The Morgan fingerprint density at radius 1 is 0.935 bits per heavy atom. The minimum Gasteiger partial charge on any atom is -0.357 e. The number of pyridine rings is 2. The van der Waals surface area contributed by atoms with E-state index < -0.39 is 10.0 Å². The van der Waals surface area contributed by atoms with Crippen molar-refractivity contribution in [2.24, 2.45) is 0 Å². The van der Waals surface area contributed by atoms with Crippen molar-refractivity contribution in [1.82, 2.24) is 13.9 Å². The summed E-state index contributed by atoms with van der Waals surface area (Å²) in [5, 5.41) is 1.13. The first-order chi connectivity index (χ1) is 15.0. The van der Waals surface area contributed by atoms with Gasteiger partial charge in [-0.1, -0.05) is 29.8 Å². The van der Waals surface area contributed by atoms with Crippen LogP contribution in [0.15, 0.2) is 71.9 Å². The van der Waals surface area contributed by atoms with Crippen LogP contribution in [0.1, 0.15) is 19.3 Å². The molecule has 1 aliphatic heterocycles. The number of rotatable bonds is 4. The highest BCUT2D eigenvalue weighted by atomic mass is 35.5. The van der Waals surface area contributed by atoms with Gasteiger partial charge in [-0.25, -0.2) is 22.4 Å². The van der Waals surface area contributed by atoms with Crippen molar-refractivity contribution in [3.05, 3.63) is 72.1 Å². The number of benzene rings is 1. The molecule has 0 amide bonds. The van der Waals surface area contributed by atoms with Crippen LogP contribution < -0.4 is 4.90 Å². The molecule has 1 aromatic carbocycles. The Bertz CT molecular complexity index is 1350. The third-order valence-electron chi connectivity index (χ3n) is 5.60. The second kappa shape index (κ2) is 7.98. The third kappa shape index (κ3) is 3.68. The van der Waals surface area contributed by atoms with Crippen LogP contribution in [0.25, 0.3) is 22.2 Å². The van der Waals surface area contributed by atoms with E-state index in [-0.39, 0.29) is 4.90 Å². The molecule has 0 N–H and O–H groups in total. The Hall–Kier alpha value is -2.90. The summed E-state index contributed by atoms with van der Waals surface area (Å²) in [5.41, 5.74) is 1.96. The molecule has 0 radical (unpaired) electrons. The Morgan fingerprint density at radius 2 is 1.71 bits per heavy atom. The number of halogens is 1. The fourth-order valence-electron chi connectivity index (χ4n) is 4.07. The number of anilines is 1. The van der Waals surface area contributed by atoms with E-state index in [2.05, 4.69) is 14.9 Å². The molecule has 0 spiro atoms. The highest BCUT2D eigenvalue weighted by Crippen LogP contribution is 2.35. The first-order valence-electron chi connectivity index (χ1n) is 10.2. The number of hydrogen-bond acceptors (Lipinski definition) is 5. The molecule has 0 aliphatic carbocycles. The van der Waals surface area contributed by atoms with Gasteiger partial charge in [0.05, 0.1) is 4.90 Å². The maximum absolute atomic E-state index is 13.3. The van der Waals surface area contributed by atoms with Crippen molar-refractivity contribution in [3.8, 4) is 11.1 Å². The zero-order valence-electron chi connectivity index (χ0n) is 16.8. The van der Waals surface area contributed by atoms with E-state index in [4.69, 9.17) is 11.6 Å². The molecule has 5 rings (SSSR count). The second-order valence-corrected chi connectivity index (χ2v) is 9.82. The van der Waals surface area contributed by atoms with Gasteiger partial charge in [0.15, 0.2) is 5.65 Å². The molecule has 8 heteroatoms. The summed E-state index contributed by atoms with van der Waals surface area (Å²) in [7, 11) is -3.80. The van der Waals surface area contributed by atoms with Crippen LogP contribution in [0.5, 0.6) is 0 Å². The van der Waals surface area contributed by atoms with Gasteiger partial charge in [0.1, 0.15) is 11.0 Å². The average Bonchev–Trinajstić information content (AvgIpc) is 3.20. The summed E-state index contributed by atoms with van der Waals surface area (Å²) in [6.45, 7) is 1.89. The van der Waals surface area contributed by atoms with Gasteiger partial charge in [-0.2, -0.15) is 0 Å². The summed E-state index contributed by atoms with van der Waals surface area (Å²) in [6.07, 6.45) is 6.71. The predicted octanol–water partition coefficient (Wildman–Crippen LogP) is 4.98. The number of fused-ring (bicyclic) bond motifs is 1. The highest BCUT2D eigenvalue weighted by molar-refractivity contribution is 7.90. The zero-order valence-corrected chi connectivity index (χ0v) is 18.4. The molecule has 4 aromatic rings. The van der Waals surface area contributed by atoms with E-state index >= 15 is 0 Å². The summed E-state index contributed by atoms with van der Waals surface area (Å²) < 4.78 is 28.0. The maximum atomic E-state index is 13.3. The van der Waals surface area contributed by atoms with Crippen molar-refractivity contribution >= 4 is 38.5 Å². The second-order valence-electron chi connectivity index (χ2n) is 7.62. The molecule has 1 aliphatic rings. The molecular weight excluding hydrogens is 432 g/mol. The molecule has 3 aromatic heterocycles. The number of hydrogen-bond donors (Lipinski definition) is 0. The van der Waals surface area contributed by atoms with E-state index in [0.717, 1.165) is 48.3 Å². The van der Waals surface area contributed by atoms with Crippen LogP contribution in [-0.2, 0) is 10.0 Å². The van der Waals surface area contributed by atoms with Crippen molar-refractivity contribution in [2.45, 2.75) is 24.2 Å². The van der Waals surface area contributed by atoms with E-state index in [1.165, 1.54) is 10.4 Å². The summed E-state index contributed by atoms with van der Waals surface area (Å²) in [6, 6.07) is 15.8. The van der Waals surface area contributed by atoms with Crippen LogP contribution in [-0.4, -0.2) is 35.4 Å². The highest BCUT2D eigenvalue weighted by Gasteiger charge is 2.23. The summed E-state index contributed by atoms with van der Waals surface area (Å²) >= 11 is 6.38. The SMILES string of the molecule is O=S(=O)(c1ccccc1)n1cc(-c2cc(Cl)nc(N3CCCCC3)c2)c2cccnc21. The molecule has 4 heterocycles. The first-order valence-corrected chi connectivity index (χ1v) is 12.1. The normalized spacial score (nSPS) is 14.8. The molecule has 0 bridgehead atoms. The summed E-state index contributed by atoms with van der Waals surface area (Å²) in [4.78, 5) is 11.3. The van der Waals surface area contributed by atoms with Gasteiger partial charge in [-0.3, -0.25) is 0 Å². The van der Waals surface area contributed by atoms with E-state index in [0.29, 0.717) is 10.8 Å². The number of nitrogens with zero attached hydrogens (tertiary/aromatic N) is 4. The Balaban J connectivity index is 1.68. The largest absolute Gasteiger partial charge is 0.357 e. The molecular formula is C23H21ClN4O2S. The van der Waals surface area contributed by atoms with Gasteiger partial charge in [0, 0.05) is 36.4 Å². The Morgan fingerprint density at radius 3 is 2.48 bits per heavy atom. The van der Waals surface area contributed by atoms with Gasteiger partial charge in [0.25, 0.3) is 10.0 Å². The molecule has 1 saturated heterocycles. The van der Waals surface area contributed by atoms with Crippen LogP contribution >= 0.6 is 11.6 Å².